The Bertz CT molecular complexity index is 2080. The van der Waals surface area contributed by atoms with Crippen molar-refractivity contribution in [3.8, 4) is 11.5 Å². The molecule has 1 aromatic heterocycles. The molecule has 9 nitrogen and oxygen atoms in total. The van der Waals surface area contributed by atoms with Crippen LogP contribution >= 0.6 is 34.8 Å². The number of methoxy groups -OCH3 is 2. The molecule has 4 aromatic rings. The van der Waals surface area contributed by atoms with Crippen molar-refractivity contribution in [2.45, 2.75) is 52.3 Å². The maximum absolute atomic E-state index is 16.1. The fourth-order valence-electron chi connectivity index (χ4n) is 7.24. The van der Waals surface area contributed by atoms with Crippen LogP contribution in [0.25, 0.3) is 0 Å². The number of nitrogens with zero attached hydrogens (tertiary/aromatic N) is 4. The molecule has 2 aliphatic carbocycles. The number of ether oxygens (including phenoxy) is 2. The highest BCUT2D eigenvalue weighted by atomic mass is 35.5. The van der Waals surface area contributed by atoms with Gasteiger partial charge in [-0.25, -0.2) is 27.1 Å². The lowest BCUT2D eigenvalue weighted by Gasteiger charge is -2.40. The van der Waals surface area contributed by atoms with E-state index in [1.807, 2.05) is 19.0 Å². The van der Waals surface area contributed by atoms with Crippen molar-refractivity contribution in [2.75, 3.05) is 37.9 Å². The van der Waals surface area contributed by atoms with Gasteiger partial charge in [-0.15, -0.1) is 23.2 Å². The van der Waals surface area contributed by atoms with Crippen LogP contribution in [0.5, 0.6) is 11.5 Å². The maximum Gasteiger partial charge on any atom is 0.416 e. The molecule has 278 valence electrons. The number of halogens is 7. The molecule has 2 fully saturated rings. The number of anilines is 2. The number of hydrogen-bond donors (Lipinski definition) is 1. The average molecular weight is 803 g/mol. The molecule has 0 saturated heterocycles. The van der Waals surface area contributed by atoms with E-state index in [9.17, 15) is 21.6 Å². The zero-order valence-corrected chi connectivity index (χ0v) is 31.3. The number of sulfonamides is 1. The summed E-state index contributed by atoms with van der Waals surface area (Å²) in [6, 6.07) is 12.5. The lowest BCUT2D eigenvalue weighted by atomic mass is 9.77. The highest BCUT2D eigenvalue weighted by molar-refractivity contribution is 7.92. The summed E-state index contributed by atoms with van der Waals surface area (Å²) in [5.74, 6) is -0.738. The van der Waals surface area contributed by atoms with Crippen LogP contribution in [0.4, 0.5) is 29.1 Å². The fourth-order valence-corrected chi connectivity index (χ4v) is 10.1. The fraction of sp³-hybridized carbons (Fsp3) is 0.371. The van der Waals surface area contributed by atoms with Crippen LogP contribution in [-0.4, -0.2) is 68.0 Å². The van der Waals surface area contributed by atoms with Crippen molar-refractivity contribution < 1.29 is 35.5 Å². The Morgan fingerprint density at radius 1 is 1.04 bits per heavy atom. The topological polar surface area (TPSA) is 96.9 Å². The van der Waals surface area contributed by atoms with E-state index >= 15 is 4.39 Å². The quantitative estimate of drug-likeness (QED) is 0.121. The molecule has 6 rings (SSSR count). The molecule has 4 atom stereocenters. The summed E-state index contributed by atoms with van der Waals surface area (Å²) >= 11 is 20.4. The molecule has 2 aliphatic rings. The zero-order valence-electron chi connectivity index (χ0n) is 28.3. The van der Waals surface area contributed by atoms with Crippen LogP contribution in [0, 0.1) is 11.7 Å². The molecule has 0 radical (unpaired) electrons. The van der Waals surface area contributed by atoms with Crippen molar-refractivity contribution in [1.82, 2.24) is 14.9 Å². The number of benzene rings is 3. The van der Waals surface area contributed by atoms with Gasteiger partial charge in [-0.1, -0.05) is 29.8 Å². The Balaban J connectivity index is 1.31. The largest absolute Gasteiger partial charge is 0.497 e. The average Bonchev–Trinajstić information content (AvgIpc) is 3.61. The molecule has 1 heterocycles. The minimum atomic E-state index is -4.64. The van der Waals surface area contributed by atoms with E-state index in [0.29, 0.717) is 29.0 Å². The standard InChI is InChI=1S/C35H34Cl3F4N5O4S/c1-46(2)28-17-33(21-6-5-7-22(12-21)35(40,41)42)31(34(33,37)38)16-27(28)45-26-15-25(39)30(14-24(26)36)52(48,49)47(32-10-11-43-19-44-32)18-20-8-9-23(50-3)13-29(20)51-4/h5-15,19,27-28,31,45H,16-18H2,1-4H3/t27?,28?,31-,33?/m1/s1. The van der Waals surface area contributed by atoms with Gasteiger partial charge >= 0.3 is 6.18 Å². The molecular formula is C35H34Cl3F4N5O4S. The predicted octanol–water partition coefficient (Wildman–Crippen LogP) is 7.95. The summed E-state index contributed by atoms with van der Waals surface area (Å²) in [5.41, 5.74) is -0.814. The summed E-state index contributed by atoms with van der Waals surface area (Å²) in [6.07, 6.45) is -1.44. The van der Waals surface area contributed by atoms with Crippen LogP contribution in [0.3, 0.4) is 0 Å². The molecule has 0 aliphatic heterocycles. The number of likely N-dealkylation sites (N-methyl/N-ethyl adjacent to an activating group) is 1. The van der Waals surface area contributed by atoms with Gasteiger partial charge in [0, 0.05) is 47.3 Å². The van der Waals surface area contributed by atoms with Crippen molar-refractivity contribution in [2.24, 2.45) is 5.92 Å². The first kappa shape index (κ1) is 38.2. The summed E-state index contributed by atoms with van der Waals surface area (Å²) in [4.78, 5) is 9.18. The molecule has 1 N–H and O–H groups in total. The second-order valence-electron chi connectivity index (χ2n) is 13.0. The van der Waals surface area contributed by atoms with E-state index in [1.165, 1.54) is 38.9 Å². The van der Waals surface area contributed by atoms with Crippen LogP contribution in [0.1, 0.15) is 29.5 Å². The van der Waals surface area contributed by atoms with E-state index in [-0.39, 0.29) is 35.5 Å². The molecule has 3 unspecified atom stereocenters. The van der Waals surface area contributed by atoms with E-state index in [0.717, 1.165) is 28.6 Å². The van der Waals surface area contributed by atoms with E-state index < -0.39 is 54.2 Å². The Morgan fingerprint density at radius 3 is 2.42 bits per heavy atom. The van der Waals surface area contributed by atoms with Crippen molar-refractivity contribution >= 4 is 56.3 Å². The smallest absolute Gasteiger partial charge is 0.416 e. The van der Waals surface area contributed by atoms with Gasteiger partial charge in [-0.2, -0.15) is 13.2 Å². The normalized spacial score (nSPS) is 22.4. The van der Waals surface area contributed by atoms with Gasteiger partial charge in [-0.3, -0.25) is 0 Å². The van der Waals surface area contributed by atoms with Gasteiger partial charge < -0.3 is 19.7 Å². The summed E-state index contributed by atoms with van der Waals surface area (Å²) < 4.78 is 95.8. The van der Waals surface area contributed by atoms with E-state index in [1.54, 1.807) is 24.3 Å². The second kappa shape index (κ2) is 14.0. The number of aromatic nitrogens is 2. The summed E-state index contributed by atoms with van der Waals surface area (Å²) in [6.45, 7) is -0.288. The lowest BCUT2D eigenvalue weighted by molar-refractivity contribution is -0.137. The number of rotatable bonds is 11. The molecular weight excluding hydrogens is 769 g/mol. The number of alkyl halides is 5. The second-order valence-corrected chi connectivity index (χ2v) is 16.6. The first-order chi connectivity index (χ1) is 24.4. The first-order valence-electron chi connectivity index (χ1n) is 15.9. The number of hydrogen-bond acceptors (Lipinski definition) is 8. The van der Waals surface area contributed by atoms with Crippen LogP contribution in [0.15, 0.2) is 78.1 Å². The molecule has 3 aromatic carbocycles. The number of nitrogens with one attached hydrogen (secondary N) is 1. The maximum atomic E-state index is 16.1. The molecule has 0 amide bonds. The Morgan fingerprint density at radius 2 is 1.79 bits per heavy atom. The molecule has 2 saturated carbocycles. The van der Waals surface area contributed by atoms with Gasteiger partial charge in [0.2, 0.25) is 0 Å². The Labute approximate surface area is 313 Å². The minimum Gasteiger partial charge on any atom is -0.497 e. The van der Waals surface area contributed by atoms with Crippen LogP contribution < -0.4 is 19.1 Å². The molecule has 0 spiro atoms. The van der Waals surface area contributed by atoms with E-state index in [4.69, 9.17) is 44.3 Å². The third-order valence-corrected chi connectivity index (χ3v) is 13.2. The zero-order chi connectivity index (χ0) is 37.8. The third-order valence-electron chi connectivity index (χ3n) is 9.96. The van der Waals surface area contributed by atoms with Crippen molar-refractivity contribution in [3.63, 3.8) is 0 Å². The first-order valence-corrected chi connectivity index (χ1v) is 18.5. The van der Waals surface area contributed by atoms with Gasteiger partial charge in [0.15, 0.2) is 0 Å². The monoisotopic (exact) mass is 801 g/mol. The van der Waals surface area contributed by atoms with Gasteiger partial charge in [0.1, 0.15) is 38.7 Å². The lowest BCUT2D eigenvalue weighted by Crippen LogP contribution is -2.49. The van der Waals surface area contributed by atoms with E-state index in [2.05, 4.69) is 15.3 Å². The third kappa shape index (κ3) is 6.72. The summed E-state index contributed by atoms with van der Waals surface area (Å²) in [7, 11) is 1.88. The highest BCUT2D eigenvalue weighted by Gasteiger charge is 2.78. The van der Waals surface area contributed by atoms with Crippen LogP contribution in [-0.2, 0) is 28.2 Å². The Hall–Kier alpha value is -3.56. The summed E-state index contributed by atoms with van der Waals surface area (Å²) in [5, 5.41) is 3.17. The van der Waals surface area contributed by atoms with Gasteiger partial charge in [0.05, 0.1) is 37.0 Å². The molecule has 52 heavy (non-hydrogen) atoms. The van der Waals surface area contributed by atoms with Gasteiger partial charge in [-0.05, 0) is 62.8 Å². The predicted molar refractivity (Wildman–Crippen MR) is 192 cm³/mol. The van der Waals surface area contributed by atoms with Crippen molar-refractivity contribution in [3.05, 3.63) is 101 Å². The van der Waals surface area contributed by atoms with Crippen molar-refractivity contribution in [1.29, 1.82) is 0 Å². The van der Waals surface area contributed by atoms with Gasteiger partial charge in [0.25, 0.3) is 10.0 Å². The highest BCUT2D eigenvalue weighted by Crippen LogP contribution is 2.75. The molecule has 17 heteroatoms. The molecule has 0 bridgehead atoms. The Kier molecular flexibility index (Phi) is 10.3. The number of fused-ring (bicyclic) bond motifs is 1. The van der Waals surface area contributed by atoms with Crippen LogP contribution in [0.2, 0.25) is 5.02 Å². The SMILES string of the molecule is COc1ccc(CN(c2ccncn2)S(=O)(=O)c2cc(Cl)c(NC3C[C@H]4C(Cl)(Cl)C4(c4cccc(C(F)(F)F)c4)CC3N(C)C)cc2F)c(OC)c1. The minimum absolute atomic E-state index is 0.0269.